The van der Waals surface area contributed by atoms with Crippen molar-refractivity contribution >= 4 is 21.6 Å². The summed E-state index contributed by atoms with van der Waals surface area (Å²) in [6.45, 7) is 1.52. The summed E-state index contributed by atoms with van der Waals surface area (Å²) in [5.74, 6) is 0. The summed E-state index contributed by atoms with van der Waals surface area (Å²) in [4.78, 5) is 2.93. The van der Waals surface area contributed by atoms with Crippen molar-refractivity contribution in [2.24, 2.45) is 0 Å². The van der Waals surface area contributed by atoms with Gasteiger partial charge in [-0.05, 0) is 42.8 Å². The number of pyridine rings is 1. The third-order valence-corrected chi connectivity index (χ3v) is 4.91. The quantitative estimate of drug-likeness (QED) is 0.897. The number of hydrogen-bond acceptors (Lipinski definition) is 3. The van der Waals surface area contributed by atoms with Gasteiger partial charge < -0.3 is 0 Å². The highest BCUT2D eigenvalue weighted by molar-refractivity contribution is 7.89. The number of sulfonamides is 1. The van der Waals surface area contributed by atoms with Crippen LogP contribution in [0.5, 0.6) is 0 Å². The van der Waals surface area contributed by atoms with Crippen molar-refractivity contribution in [2.45, 2.75) is 24.0 Å². The van der Waals surface area contributed by atoms with E-state index in [-0.39, 0.29) is 5.02 Å². The molecule has 0 bridgehead atoms. The Kier molecular flexibility index (Phi) is 4.98. The first-order chi connectivity index (χ1) is 10.6. The molecule has 0 aliphatic carbocycles. The minimum atomic E-state index is -4.84. The van der Waals surface area contributed by atoms with E-state index in [1.165, 1.54) is 19.3 Å². The number of aromatic nitrogens is 1. The maximum atomic E-state index is 13.1. The van der Waals surface area contributed by atoms with Gasteiger partial charge in [0.05, 0.1) is 10.5 Å². The Morgan fingerprint density at radius 1 is 1.17 bits per heavy atom. The number of hydrogen-bond donors (Lipinski definition) is 1. The molecule has 0 saturated heterocycles. The zero-order valence-electron chi connectivity index (χ0n) is 11.8. The van der Waals surface area contributed by atoms with E-state index in [0.717, 1.165) is 12.1 Å². The van der Waals surface area contributed by atoms with Crippen LogP contribution < -0.4 is 4.72 Å². The maximum Gasteiger partial charge on any atom is 0.417 e. The van der Waals surface area contributed by atoms with Crippen LogP contribution >= 0.6 is 11.6 Å². The molecule has 0 saturated carbocycles. The highest BCUT2D eigenvalue weighted by atomic mass is 35.5. The lowest BCUT2D eigenvalue weighted by molar-refractivity contribution is -0.139. The topological polar surface area (TPSA) is 59.1 Å². The van der Waals surface area contributed by atoms with E-state index in [9.17, 15) is 21.6 Å². The molecular formula is C14H12ClF3N2O2S. The van der Waals surface area contributed by atoms with Gasteiger partial charge in [0.1, 0.15) is 0 Å². The summed E-state index contributed by atoms with van der Waals surface area (Å²) >= 11 is 5.55. The molecule has 1 atom stereocenters. The van der Waals surface area contributed by atoms with Gasteiger partial charge in [0.2, 0.25) is 10.0 Å². The van der Waals surface area contributed by atoms with Crippen LogP contribution in [0.25, 0.3) is 0 Å². The minimum absolute atomic E-state index is 0.196. The van der Waals surface area contributed by atoms with E-state index in [4.69, 9.17) is 11.6 Å². The molecule has 0 aliphatic rings. The normalized spacial score (nSPS) is 13.8. The van der Waals surface area contributed by atoms with E-state index in [1.807, 2.05) is 0 Å². The van der Waals surface area contributed by atoms with E-state index in [1.54, 1.807) is 12.1 Å². The predicted octanol–water partition coefficient (Wildman–Crippen LogP) is 3.79. The second-order valence-electron chi connectivity index (χ2n) is 4.76. The molecule has 124 valence electrons. The Morgan fingerprint density at radius 3 is 2.35 bits per heavy atom. The van der Waals surface area contributed by atoms with Crippen molar-refractivity contribution in [3.05, 3.63) is 58.9 Å². The summed E-state index contributed by atoms with van der Waals surface area (Å²) in [6, 6.07) is 4.95. The third kappa shape index (κ3) is 4.21. The SMILES string of the molecule is C[C@@H](NS(=O)(=O)c1ccc(Cl)cc1C(F)(F)F)c1ccncc1. The Morgan fingerprint density at radius 2 is 1.78 bits per heavy atom. The summed E-state index contributed by atoms with van der Waals surface area (Å²) in [7, 11) is -4.39. The van der Waals surface area contributed by atoms with Gasteiger partial charge in [-0.3, -0.25) is 4.98 Å². The van der Waals surface area contributed by atoms with Gasteiger partial charge in [0.25, 0.3) is 0 Å². The Balaban J connectivity index is 2.41. The smallest absolute Gasteiger partial charge is 0.265 e. The first-order valence-corrected chi connectivity index (χ1v) is 8.26. The molecule has 23 heavy (non-hydrogen) atoms. The summed E-state index contributed by atoms with van der Waals surface area (Å²) in [5, 5.41) is -0.196. The lowest BCUT2D eigenvalue weighted by atomic mass is 10.1. The number of nitrogens with zero attached hydrogens (tertiary/aromatic N) is 1. The molecule has 2 aromatic rings. The number of benzene rings is 1. The zero-order valence-corrected chi connectivity index (χ0v) is 13.4. The fourth-order valence-corrected chi connectivity index (χ4v) is 3.59. The Labute approximate surface area is 136 Å². The largest absolute Gasteiger partial charge is 0.417 e. The van der Waals surface area contributed by atoms with Gasteiger partial charge >= 0.3 is 6.18 Å². The number of rotatable bonds is 4. The van der Waals surface area contributed by atoms with Crippen LogP contribution in [0.4, 0.5) is 13.2 Å². The van der Waals surface area contributed by atoms with Crippen molar-refractivity contribution in [3.8, 4) is 0 Å². The fourth-order valence-electron chi connectivity index (χ4n) is 1.97. The van der Waals surface area contributed by atoms with Crippen molar-refractivity contribution in [1.82, 2.24) is 9.71 Å². The molecule has 9 heteroatoms. The van der Waals surface area contributed by atoms with Crippen LogP contribution in [0.2, 0.25) is 5.02 Å². The summed E-state index contributed by atoms with van der Waals surface area (Å²) < 4.78 is 66.1. The minimum Gasteiger partial charge on any atom is -0.265 e. The molecule has 0 amide bonds. The first kappa shape index (κ1) is 17.7. The monoisotopic (exact) mass is 364 g/mol. The molecule has 1 aromatic carbocycles. The summed E-state index contributed by atoms with van der Waals surface area (Å²) in [6.07, 6.45) is -1.91. The van der Waals surface area contributed by atoms with Crippen molar-refractivity contribution in [2.75, 3.05) is 0 Å². The van der Waals surface area contributed by atoms with E-state index >= 15 is 0 Å². The number of halogens is 4. The molecule has 2 rings (SSSR count). The summed E-state index contributed by atoms with van der Waals surface area (Å²) in [5.41, 5.74) is -0.731. The van der Waals surface area contributed by atoms with E-state index < -0.39 is 32.7 Å². The number of nitrogens with one attached hydrogen (secondary N) is 1. The molecule has 0 spiro atoms. The molecule has 0 fully saturated rings. The predicted molar refractivity (Wildman–Crippen MR) is 79.4 cm³/mol. The van der Waals surface area contributed by atoms with Crippen molar-refractivity contribution < 1.29 is 21.6 Å². The van der Waals surface area contributed by atoms with E-state index in [2.05, 4.69) is 9.71 Å². The van der Waals surface area contributed by atoms with Gasteiger partial charge in [-0.1, -0.05) is 11.6 Å². The zero-order chi connectivity index (χ0) is 17.3. The molecule has 1 aromatic heterocycles. The third-order valence-electron chi connectivity index (χ3n) is 3.07. The van der Waals surface area contributed by atoms with Crippen molar-refractivity contribution in [3.63, 3.8) is 0 Å². The maximum absolute atomic E-state index is 13.1. The number of alkyl halides is 3. The Hall–Kier alpha value is -1.64. The van der Waals surface area contributed by atoms with Gasteiger partial charge in [-0.15, -0.1) is 0 Å². The van der Waals surface area contributed by atoms with Crippen LogP contribution in [0.15, 0.2) is 47.6 Å². The fraction of sp³-hybridized carbons (Fsp3) is 0.214. The highest BCUT2D eigenvalue weighted by Gasteiger charge is 2.37. The highest BCUT2D eigenvalue weighted by Crippen LogP contribution is 2.36. The van der Waals surface area contributed by atoms with Crippen molar-refractivity contribution in [1.29, 1.82) is 0 Å². The second-order valence-corrected chi connectivity index (χ2v) is 6.88. The molecule has 1 N–H and O–H groups in total. The van der Waals surface area contributed by atoms with Crippen LogP contribution in [0, 0.1) is 0 Å². The Bertz CT molecular complexity index is 795. The van der Waals surface area contributed by atoms with E-state index in [0.29, 0.717) is 11.6 Å². The average molecular weight is 365 g/mol. The van der Waals surface area contributed by atoms with Crippen LogP contribution in [-0.2, 0) is 16.2 Å². The van der Waals surface area contributed by atoms with Gasteiger partial charge in [0.15, 0.2) is 0 Å². The molecule has 1 heterocycles. The average Bonchev–Trinajstić information content (AvgIpc) is 2.46. The second kappa shape index (κ2) is 6.46. The lowest BCUT2D eigenvalue weighted by Gasteiger charge is -2.18. The van der Waals surface area contributed by atoms with Gasteiger partial charge in [-0.25, -0.2) is 13.1 Å². The lowest BCUT2D eigenvalue weighted by Crippen LogP contribution is -2.29. The first-order valence-electron chi connectivity index (χ1n) is 6.40. The van der Waals surface area contributed by atoms with Crippen LogP contribution in [0.3, 0.4) is 0 Å². The van der Waals surface area contributed by atoms with Gasteiger partial charge in [0, 0.05) is 23.5 Å². The van der Waals surface area contributed by atoms with Crippen LogP contribution in [-0.4, -0.2) is 13.4 Å². The van der Waals surface area contributed by atoms with Gasteiger partial charge in [-0.2, -0.15) is 13.2 Å². The molecule has 0 radical (unpaired) electrons. The standard InChI is InChI=1S/C14H12ClF3N2O2S/c1-9(10-4-6-19-7-5-10)20-23(21,22)13-3-2-11(15)8-12(13)14(16,17)18/h2-9,20H,1H3/t9-/m1/s1. The molecule has 0 unspecified atom stereocenters. The molecule has 0 aliphatic heterocycles. The van der Waals surface area contributed by atoms with Crippen LogP contribution in [0.1, 0.15) is 24.1 Å². The molecular weight excluding hydrogens is 353 g/mol. The molecule has 4 nitrogen and oxygen atoms in total.